The molecule has 0 aliphatic rings. The number of amides is 1. The van der Waals surface area contributed by atoms with Gasteiger partial charge in [0, 0.05) is 12.8 Å². The normalized spacial score (nSPS) is 13.9. The van der Waals surface area contributed by atoms with Gasteiger partial charge in [-0.15, -0.1) is 0 Å². The van der Waals surface area contributed by atoms with E-state index in [0.717, 1.165) is 64.2 Å². The Morgan fingerprint density at radius 2 is 0.836 bits per heavy atom. The number of carbonyl (C=O) groups excluding carboxylic acids is 2. The summed E-state index contributed by atoms with van der Waals surface area (Å²) in [5.41, 5.74) is 0. The van der Waals surface area contributed by atoms with E-state index in [4.69, 9.17) is 13.8 Å². The van der Waals surface area contributed by atoms with Gasteiger partial charge in [0.2, 0.25) is 5.91 Å². The van der Waals surface area contributed by atoms with Crippen molar-refractivity contribution in [2.45, 2.75) is 315 Å². The van der Waals surface area contributed by atoms with Crippen molar-refractivity contribution >= 4 is 19.7 Å². The number of hydrogen-bond acceptors (Lipinski definition) is 6. The van der Waals surface area contributed by atoms with Crippen molar-refractivity contribution in [1.82, 2.24) is 5.32 Å². The summed E-state index contributed by atoms with van der Waals surface area (Å²) in [5.74, 6) is -0.494. The van der Waals surface area contributed by atoms with Crippen LogP contribution in [0.5, 0.6) is 0 Å². The van der Waals surface area contributed by atoms with Crippen LogP contribution in [0.4, 0.5) is 0 Å². The number of quaternary nitrogens is 1. The second kappa shape index (κ2) is 53.6. The number of carbonyl (C=O) groups is 2. The number of ether oxygens (including phenoxy) is 1. The van der Waals surface area contributed by atoms with Crippen LogP contribution in [-0.2, 0) is 27.9 Å². The summed E-state index contributed by atoms with van der Waals surface area (Å²) in [6.07, 6.45) is 64.2. The molecule has 2 N–H and O–H groups in total. The Balaban J connectivity index is 5.16. The van der Waals surface area contributed by atoms with Gasteiger partial charge >= 0.3 is 13.8 Å². The SMILES string of the molecule is CCCCC/C=C\C/C=C\CCCCCCCCCCCCCC(=O)NC(COP(=O)(O)OCC[N+](C)(C)C)C(/C=C\CCCCCCCCCCC)OC(=O)CCCCCCCCCCCCCCCCC. The molecule has 0 aromatic rings. The van der Waals surface area contributed by atoms with Crippen LogP contribution in [0.1, 0.15) is 303 Å². The summed E-state index contributed by atoms with van der Waals surface area (Å²) >= 11 is 0. The van der Waals surface area contributed by atoms with Crippen molar-refractivity contribution in [3.63, 3.8) is 0 Å². The van der Waals surface area contributed by atoms with Crippen LogP contribution in [0.3, 0.4) is 0 Å². The van der Waals surface area contributed by atoms with E-state index in [1.54, 1.807) is 0 Å². The van der Waals surface area contributed by atoms with E-state index in [9.17, 15) is 19.0 Å². The molecule has 0 aromatic heterocycles. The summed E-state index contributed by atoms with van der Waals surface area (Å²) in [4.78, 5) is 37.7. The lowest BCUT2D eigenvalue weighted by Gasteiger charge is -2.27. The zero-order chi connectivity index (χ0) is 53.6. The Bertz CT molecular complexity index is 1350. The first-order valence-electron chi connectivity index (χ1n) is 31.3. The molecule has 0 saturated heterocycles. The molecule has 0 bridgehead atoms. The Morgan fingerprint density at radius 3 is 1.26 bits per heavy atom. The number of hydrogen-bond donors (Lipinski definition) is 2. The summed E-state index contributed by atoms with van der Waals surface area (Å²) in [5, 5.41) is 3.06. The van der Waals surface area contributed by atoms with Crippen molar-refractivity contribution in [1.29, 1.82) is 0 Å². The van der Waals surface area contributed by atoms with Gasteiger partial charge in [0.1, 0.15) is 19.3 Å². The molecule has 10 heteroatoms. The van der Waals surface area contributed by atoms with Crippen LogP contribution >= 0.6 is 7.82 Å². The molecular formula is C63H122N2O7P+. The highest BCUT2D eigenvalue weighted by molar-refractivity contribution is 7.47. The maximum absolute atomic E-state index is 13.5. The lowest BCUT2D eigenvalue weighted by atomic mass is 10.0. The van der Waals surface area contributed by atoms with Crippen molar-refractivity contribution in [2.75, 3.05) is 40.9 Å². The van der Waals surface area contributed by atoms with E-state index in [1.807, 2.05) is 33.3 Å². The minimum atomic E-state index is -4.44. The topological polar surface area (TPSA) is 111 Å². The average Bonchev–Trinajstić information content (AvgIpc) is 3.35. The summed E-state index contributed by atoms with van der Waals surface area (Å²) in [6.45, 7) is 7.01. The monoisotopic (exact) mass is 1050 g/mol. The van der Waals surface area contributed by atoms with Crippen LogP contribution in [0.2, 0.25) is 0 Å². The van der Waals surface area contributed by atoms with Gasteiger partial charge in [-0.2, -0.15) is 0 Å². The van der Waals surface area contributed by atoms with Crippen molar-refractivity contribution in [3.8, 4) is 0 Å². The first kappa shape index (κ1) is 71.2. The van der Waals surface area contributed by atoms with Gasteiger partial charge in [0.25, 0.3) is 0 Å². The fourth-order valence-electron chi connectivity index (χ4n) is 9.21. The Morgan fingerprint density at radius 1 is 0.479 bits per heavy atom. The molecule has 0 fully saturated rings. The molecule has 0 spiro atoms. The predicted molar refractivity (Wildman–Crippen MR) is 314 cm³/mol. The number of likely N-dealkylation sites (N-methyl/N-ethyl adjacent to an activating group) is 1. The molecule has 9 nitrogen and oxygen atoms in total. The molecule has 0 heterocycles. The third-order valence-corrected chi connectivity index (χ3v) is 15.1. The number of phosphoric acid groups is 1. The maximum atomic E-state index is 13.5. The lowest BCUT2D eigenvalue weighted by molar-refractivity contribution is -0.870. The summed E-state index contributed by atoms with van der Waals surface area (Å²) in [6, 6.07) is -0.844. The number of unbranched alkanes of at least 4 members (excludes halogenated alkanes) is 37. The van der Waals surface area contributed by atoms with Crippen LogP contribution < -0.4 is 5.32 Å². The molecule has 0 aliphatic heterocycles. The fraction of sp³-hybridized carbons (Fsp3) is 0.873. The van der Waals surface area contributed by atoms with Crippen LogP contribution in [0.25, 0.3) is 0 Å². The van der Waals surface area contributed by atoms with E-state index >= 15 is 0 Å². The van der Waals surface area contributed by atoms with Crippen molar-refractivity contribution in [3.05, 3.63) is 36.5 Å². The van der Waals surface area contributed by atoms with Gasteiger partial charge in [0.15, 0.2) is 0 Å². The van der Waals surface area contributed by atoms with Gasteiger partial charge in [-0.3, -0.25) is 18.6 Å². The number of allylic oxidation sites excluding steroid dienone is 5. The van der Waals surface area contributed by atoms with Crippen LogP contribution in [0, 0.1) is 0 Å². The van der Waals surface area contributed by atoms with E-state index in [0.29, 0.717) is 23.9 Å². The number of nitrogens with one attached hydrogen (secondary N) is 1. The number of rotatable bonds is 57. The molecule has 0 aromatic carbocycles. The lowest BCUT2D eigenvalue weighted by Crippen LogP contribution is -2.47. The van der Waals surface area contributed by atoms with Gasteiger partial charge in [-0.25, -0.2) is 4.57 Å². The van der Waals surface area contributed by atoms with Gasteiger partial charge in [-0.05, 0) is 63.9 Å². The van der Waals surface area contributed by atoms with Crippen molar-refractivity contribution in [2.24, 2.45) is 0 Å². The van der Waals surface area contributed by atoms with E-state index < -0.39 is 20.0 Å². The molecule has 3 atom stereocenters. The quantitative estimate of drug-likeness (QED) is 0.0205. The molecular weight excluding hydrogens is 928 g/mol. The number of esters is 1. The number of phosphoric ester groups is 1. The van der Waals surface area contributed by atoms with E-state index in [2.05, 4.69) is 50.4 Å². The minimum Gasteiger partial charge on any atom is -0.456 e. The smallest absolute Gasteiger partial charge is 0.456 e. The Labute approximate surface area is 453 Å². The second-order valence-corrected chi connectivity index (χ2v) is 24.0. The summed E-state index contributed by atoms with van der Waals surface area (Å²) < 4.78 is 30.7. The molecule has 0 radical (unpaired) electrons. The standard InChI is InChI=1S/C63H121N2O7P/c1-7-10-13-16-19-22-25-27-29-30-31-32-33-34-36-37-40-43-46-49-52-55-62(66)64-60(59-71-73(68,69)70-58-57-65(4,5)6)61(54-51-48-45-42-39-24-21-18-15-12-9-3)72-63(67)56-53-50-47-44-41-38-35-28-26-23-20-17-14-11-8-2/h19,22,27,29,51,54,60-61H,7-18,20-21,23-26,28,30-50,52-53,55-59H2,1-6H3,(H-,64,66,68,69)/p+1/b22-19-,29-27-,54-51-. The molecule has 0 rings (SSSR count). The van der Waals surface area contributed by atoms with Crippen molar-refractivity contribution < 1.29 is 37.3 Å². The molecule has 1 amide bonds. The minimum absolute atomic E-state index is 0.0422. The van der Waals surface area contributed by atoms with E-state index in [1.165, 1.54) is 205 Å². The summed E-state index contributed by atoms with van der Waals surface area (Å²) in [7, 11) is 1.51. The predicted octanol–water partition coefficient (Wildman–Crippen LogP) is 19.1. The zero-order valence-corrected chi connectivity index (χ0v) is 50.0. The fourth-order valence-corrected chi connectivity index (χ4v) is 9.94. The highest BCUT2D eigenvalue weighted by Gasteiger charge is 2.30. The first-order valence-corrected chi connectivity index (χ1v) is 32.8. The molecule has 3 unspecified atom stereocenters. The average molecular weight is 1050 g/mol. The largest absolute Gasteiger partial charge is 0.472 e. The Hall–Kier alpha value is -1.77. The van der Waals surface area contributed by atoms with Gasteiger partial charge < -0.3 is 19.4 Å². The first-order chi connectivity index (χ1) is 35.4. The molecule has 0 saturated carbocycles. The van der Waals surface area contributed by atoms with Crippen LogP contribution in [-0.4, -0.2) is 74.3 Å². The number of nitrogens with zero attached hydrogens (tertiary/aromatic N) is 1. The third kappa shape index (κ3) is 54.8. The second-order valence-electron chi connectivity index (χ2n) is 22.6. The zero-order valence-electron chi connectivity index (χ0n) is 49.1. The molecule has 0 aliphatic carbocycles. The Kier molecular flexibility index (Phi) is 52.3. The van der Waals surface area contributed by atoms with E-state index in [-0.39, 0.29) is 25.1 Å². The van der Waals surface area contributed by atoms with Crippen LogP contribution in [0.15, 0.2) is 36.5 Å². The maximum Gasteiger partial charge on any atom is 0.472 e. The third-order valence-electron chi connectivity index (χ3n) is 14.1. The molecule has 430 valence electrons. The molecule has 73 heavy (non-hydrogen) atoms. The highest BCUT2D eigenvalue weighted by Crippen LogP contribution is 2.43. The van der Waals surface area contributed by atoms with Gasteiger partial charge in [-0.1, -0.05) is 263 Å². The highest BCUT2D eigenvalue weighted by atomic mass is 31.2. The van der Waals surface area contributed by atoms with Gasteiger partial charge in [0.05, 0.1) is 33.8 Å².